The topological polar surface area (TPSA) is 62.6 Å². The van der Waals surface area contributed by atoms with Crippen LogP contribution in [0.5, 0.6) is 17.2 Å². The molecule has 0 N–H and O–H groups in total. The van der Waals surface area contributed by atoms with E-state index in [0.29, 0.717) is 28.2 Å². The molecule has 3 aromatic rings. The summed E-state index contributed by atoms with van der Waals surface area (Å²) in [6.07, 6.45) is 0. The number of nitrogens with zero attached hydrogens (tertiary/aromatic N) is 2. The van der Waals surface area contributed by atoms with Gasteiger partial charge < -0.3 is 14.2 Å². The Kier molecular flexibility index (Phi) is 4.84. The molecular formula is C20H22N2O4. The predicted molar refractivity (Wildman–Crippen MR) is 101 cm³/mol. The second-order valence-corrected chi connectivity index (χ2v) is 6.19. The largest absolute Gasteiger partial charge is 0.497 e. The first-order valence-electron chi connectivity index (χ1n) is 8.33. The average Bonchev–Trinajstić information content (AvgIpc) is 2.66. The number of benzene rings is 2. The summed E-state index contributed by atoms with van der Waals surface area (Å²) in [7, 11) is 4.71. The fraction of sp³-hybridized carbons (Fsp3) is 0.300. The van der Waals surface area contributed by atoms with Crippen molar-refractivity contribution in [3.05, 3.63) is 52.6 Å². The van der Waals surface area contributed by atoms with Crippen molar-refractivity contribution in [1.82, 2.24) is 9.55 Å². The molecule has 0 atom stereocenters. The van der Waals surface area contributed by atoms with Crippen LogP contribution in [0, 0.1) is 0 Å². The van der Waals surface area contributed by atoms with Crippen LogP contribution >= 0.6 is 0 Å². The first-order valence-corrected chi connectivity index (χ1v) is 8.33. The van der Waals surface area contributed by atoms with E-state index in [4.69, 9.17) is 19.2 Å². The van der Waals surface area contributed by atoms with Crippen LogP contribution in [-0.2, 0) is 0 Å². The molecule has 0 saturated heterocycles. The van der Waals surface area contributed by atoms with E-state index in [2.05, 4.69) is 0 Å². The van der Waals surface area contributed by atoms with E-state index >= 15 is 0 Å². The highest BCUT2D eigenvalue weighted by Crippen LogP contribution is 2.30. The van der Waals surface area contributed by atoms with Gasteiger partial charge in [-0.1, -0.05) is 13.8 Å². The van der Waals surface area contributed by atoms with Crippen molar-refractivity contribution >= 4 is 10.9 Å². The molecule has 0 spiro atoms. The number of rotatable bonds is 5. The molecule has 0 saturated carbocycles. The van der Waals surface area contributed by atoms with Gasteiger partial charge >= 0.3 is 0 Å². The summed E-state index contributed by atoms with van der Waals surface area (Å²) in [6, 6.07) is 10.8. The summed E-state index contributed by atoms with van der Waals surface area (Å²) in [5, 5.41) is 0.425. The van der Waals surface area contributed by atoms with Crippen molar-refractivity contribution in [3.8, 4) is 22.9 Å². The van der Waals surface area contributed by atoms with Gasteiger partial charge in [-0.05, 0) is 24.3 Å². The van der Waals surface area contributed by atoms with Crippen molar-refractivity contribution in [2.45, 2.75) is 19.8 Å². The molecule has 0 aliphatic heterocycles. The van der Waals surface area contributed by atoms with Crippen molar-refractivity contribution in [1.29, 1.82) is 0 Å². The zero-order chi connectivity index (χ0) is 18.8. The van der Waals surface area contributed by atoms with Crippen molar-refractivity contribution in [2.24, 2.45) is 0 Å². The lowest BCUT2D eigenvalue weighted by Crippen LogP contribution is -2.25. The van der Waals surface area contributed by atoms with Crippen LogP contribution < -0.4 is 19.8 Å². The van der Waals surface area contributed by atoms with Crippen LogP contribution in [0.1, 0.15) is 25.6 Å². The minimum atomic E-state index is -0.177. The van der Waals surface area contributed by atoms with Gasteiger partial charge in [0.25, 0.3) is 5.56 Å². The average molecular weight is 354 g/mol. The molecule has 6 heteroatoms. The third-order valence-corrected chi connectivity index (χ3v) is 4.24. The van der Waals surface area contributed by atoms with E-state index < -0.39 is 0 Å². The lowest BCUT2D eigenvalue weighted by atomic mass is 10.1. The Morgan fingerprint density at radius 2 is 1.58 bits per heavy atom. The van der Waals surface area contributed by atoms with Gasteiger partial charge in [-0.2, -0.15) is 0 Å². The van der Waals surface area contributed by atoms with Crippen molar-refractivity contribution < 1.29 is 14.2 Å². The zero-order valence-corrected chi connectivity index (χ0v) is 15.6. The Labute approximate surface area is 152 Å². The molecule has 0 bridgehead atoms. The molecule has 1 aromatic heterocycles. The Balaban J connectivity index is 2.38. The quantitative estimate of drug-likeness (QED) is 0.701. The van der Waals surface area contributed by atoms with E-state index in [-0.39, 0.29) is 11.5 Å². The third kappa shape index (κ3) is 2.98. The van der Waals surface area contributed by atoms with E-state index in [1.165, 1.54) is 7.11 Å². The highest BCUT2D eigenvalue weighted by molar-refractivity contribution is 5.86. The molecular weight excluding hydrogens is 332 g/mol. The van der Waals surface area contributed by atoms with Crippen LogP contribution in [0.2, 0.25) is 0 Å². The Morgan fingerprint density at radius 1 is 0.923 bits per heavy atom. The van der Waals surface area contributed by atoms with E-state index in [1.54, 1.807) is 30.9 Å². The third-order valence-electron chi connectivity index (χ3n) is 4.24. The summed E-state index contributed by atoms with van der Waals surface area (Å²) in [4.78, 5) is 18.1. The molecule has 0 fully saturated rings. The van der Waals surface area contributed by atoms with Gasteiger partial charge in [-0.25, -0.2) is 4.98 Å². The van der Waals surface area contributed by atoms with Crippen LogP contribution in [0.15, 0.2) is 41.2 Å². The first kappa shape index (κ1) is 17.8. The molecule has 136 valence electrons. The number of ether oxygens (including phenoxy) is 3. The molecule has 1 heterocycles. The van der Waals surface area contributed by atoms with Gasteiger partial charge in [0.15, 0.2) is 0 Å². The van der Waals surface area contributed by atoms with Gasteiger partial charge in [0.2, 0.25) is 0 Å². The zero-order valence-electron chi connectivity index (χ0n) is 15.6. The lowest BCUT2D eigenvalue weighted by molar-refractivity contribution is 0.397. The number of methoxy groups -OCH3 is 3. The van der Waals surface area contributed by atoms with Gasteiger partial charge in [-0.15, -0.1) is 0 Å². The minimum absolute atomic E-state index is 0.0476. The number of aromatic nitrogens is 2. The second kappa shape index (κ2) is 7.07. The van der Waals surface area contributed by atoms with Crippen molar-refractivity contribution in [2.75, 3.05) is 21.3 Å². The SMILES string of the molecule is COc1ccc(-n2c(C(C)C)nc3cc(OC)cc(OC)c3c2=O)cc1. The minimum Gasteiger partial charge on any atom is -0.497 e. The standard InChI is InChI=1S/C20H22N2O4/c1-12(2)19-21-16-10-15(25-4)11-17(26-5)18(16)20(23)22(19)13-6-8-14(24-3)9-7-13/h6-12H,1-5H3. The Bertz CT molecular complexity index is 991. The molecule has 26 heavy (non-hydrogen) atoms. The van der Waals surface area contributed by atoms with Crippen molar-refractivity contribution in [3.63, 3.8) is 0 Å². The summed E-state index contributed by atoms with van der Waals surface area (Å²) in [5.74, 6) is 2.48. The summed E-state index contributed by atoms with van der Waals surface area (Å²) in [5.41, 5.74) is 1.11. The van der Waals surface area contributed by atoms with Gasteiger partial charge in [0, 0.05) is 18.1 Å². The highest BCUT2D eigenvalue weighted by Gasteiger charge is 2.19. The fourth-order valence-corrected chi connectivity index (χ4v) is 2.92. The maximum Gasteiger partial charge on any atom is 0.269 e. The summed E-state index contributed by atoms with van der Waals surface area (Å²) >= 11 is 0. The molecule has 0 aliphatic carbocycles. The van der Waals surface area contributed by atoms with E-state index in [1.807, 2.05) is 38.1 Å². The monoisotopic (exact) mass is 354 g/mol. The van der Waals surface area contributed by atoms with E-state index in [9.17, 15) is 4.79 Å². The normalized spacial score (nSPS) is 11.0. The van der Waals surface area contributed by atoms with Gasteiger partial charge in [-0.3, -0.25) is 9.36 Å². The molecule has 0 aliphatic rings. The maximum absolute atomic E-state index is 13.4. The molecule has 6 nitrogen and oxygen atoms in total. The van der Waals surface area contributed by atoms with Crippen LogP contribution in [0.25, 0.3) is 16.6 Å². The number of hydrogen-bond acceptors (Lipinski definition) is 5. The molecule has 2 aromatic carbocycles. The van der Waals surface area contributed by atoms with E-state index in [0.717, 1.165) is 11.4 Å². The predicted octanol–water partition coefficient (Wildman–Crippen LogP) is 3.53. The van der Waals surface area contributed by atoms with Crippen LogP contribution in [0.4, 0.5) is 0 Å². The van der Waals surface area contributed by atoms with Crippen LogP contribution in [0.3, 0.4) is 0 Å². The fourth-order valence-electron chi connectivity index (χ4n) is 2.92. The number of fused-ring (bicyclic) bond motifs is 1. The second-order valence-electron chi connectivity index (χ2n) is 6.19. The number of hydrogen-bond donors (Lipinski definition) is 0. The lowest BCUT2D eigenvalue weighted by Gasteiger charge is -2.17. The Morgan fingerprint density at radius 3 is 2.12 bits per heavy atom. The molecule has 0 unspecified atom stereocenters. The Hall–Kier alpha value is -3.02. The molecule has 0 amide bonds. The molecule has 0 radical (unpaired) electrons. The summed E-state index contributed by atoms with van der Waals surface area (Å²) < 4.78 is 17.6. The smallest absolute Gasteiger partial charge is 0.269 e. The maximum atomic E-state index is 13.4. The first-order chi connectivity index (χ1) is 12.5. The van der Waals surface area contributed by atoms with Crippen LogP contribution in [-0.4, -0.2) is 30.9 Å². The summed E-state index contributed by atoms with van der Waals surface area (Å²) in [6.45, 7) is 4.01. The van der Waals surface area contributed by atoms with Gasteiger partial charge in [0.1, 0.15) is 28.5 Å². The highest BCUT2D eigenvalue weighted by atomic mass is 16.5. The van der Waals surface area contributed by atoms with Gasteiger partial charge in [0.05, 0.1) is 32.5 Å². The molecule has 3 rings (SSSR count).